The number of nitrogens with zero attached hydrogens (tertiary/aromatic N) is 1. The summed E-state index contributed by atoms with van der Waals surface area (Å²) in [5.74, 6) is 0.678. The number of aromatic amines is 1. The van der Waals surface area contributed by atoms with Gasteiger partial charge in [0.05, 0.1) is 21.5 Å². The molecule has 0 aliphatic rings. The second-order valence-electron chi connectivity index (χ2n) is 5.01. The first kappa shape index (κ1) is 13.6. The molecule has 1 aromatic heterocycles. The number of phenolic OH excluding ortho intramolecular Hbond substituents is 1. The molecule has 0 radical (unpaired) electrons. The zero-order chi connectivity index (χ0) is 15.2. The van der Waals surface area contributed by atoms with Crippen LogP contribution < -0.4 is 0 Å². The van der Waals surface area contributed by atoms with Crippen LogP contribution in [0.3, 0.4) is 0 Å². The van der Waals surface area contributed by atoms with Crippen LogP contribution in [0.25, 0.3) is 22.4 Å². The molecule has 3 rings (SSSR count). The number of aromatic nitrogens is 2. The Morgan fingerprint density at radius 2 is 1.95 bits per heavy atom. The summed E-state index contributed by atoms with van der Waals surface area (Å²) in [7, 11) is -3.26. The molecule has 0 fully saturated rings. The van der Waals surface area contributed by atoms with Gasteiger partial charge in [-0.1, -0.05) is 12.1 Å². The van der Waals surface area contributed by atoms with E-state index in [2.05, 4.69) is 9.97 Å². The van der Waals surface area contributed by atoms with Crippen molar-refractivity contribution in [3.05, 3.63) is 42.0 Å². The topological polar surface area (TPSA) is 83.0 Å². The van der Waals surface area contributed by atoms with Crippen LogP contribution in [0.5, 0.6) is 5.75 Å². The average molecular weight is 302 g/mol. The van der Waals surface area contributed by atoms with Crippen molar-refractivity contribution in [3.8, 4) is 17.1 Å². The summed E-state index contributed by atoms with van der Waals surface area (Å²) in [6, 6.07) is 10.1. The second-order valence-corrected chi connectivity index (χ2v) is 7.02. The van der Waals surface area contributed by atoms with Crippen LogP contribution in [0, 0.1) is 6.92 Å². The van der Waals surface area contributed by atoms with Gasteiger partial charge >= 0.3 is 0 Å². The first-order valence-electron chi connectivity index (χ1n) is 6.35. The number of imidazole rings is 1. The molecule has 108 valence electrons. The Labute approximate surface area is 122 Å². The fourth-order valence-electron chi connectivity index (χ4n) is 2.20. The molecule has 2 N–H and O–H groups in total. The molecule has 21 heavy (non-hydrogen) atoms. The van der Waals surface area contributed by atoms with Crippen molar-refractivity contribution in [2.75, 3.05) is 6.26 Å². The number of hydrogen-bond donors (Lipinski definition) is 2. The zero-order valence-corrected chi connectivity index (χ0v) is 12.4. The lowest BCUT2D eigenvalue weighted by Crippen LogP contribution is -1.96. The normalized spacial score (nSPS) is 11.9. The largest absolute Gasteiger partial charge is 0.507 e. The van der Waals surface area contributed by atoms with Crippen molar-refractivity contribution < 1.29 is 13.5 Å². The van der Waals surface area contributed by atoms with Gasteiger partial charge in [0.2, 0.25) is 0 Å². The summed E-state index contributed by atoms with van der Waals surface area (Å²) < 4.78 is 23.2. The van der Waals surface area contributed by atoms with Gasteiger partial charge < -0.3 is 10.1 Å². The molecule has 0 saturated heterocycles. The summed E-state index contributed by atoms with van der Waals surface area (Å²) in [6.45, 7) is 1.81. The maximum atomic E-state index is 11.6. The van der Waals surface area contributed by atoms with E-state index in [0.717, 1.165) is 11.8 Å². The highest BCUT2D eigenvalue weighted by Gasteiger charge is 2.13. The molecular weight excluding hydrogens is 288 g/mol. The monoisotopic (exact) mass is 302 g/mol. The Morgan fingerprint density at radius 3 is 2.67 bits per heavy atom. The van der Waals surface area contributed by atoms with E-state index in [1.165, 1.54) is 6.07 Å². The number of H-pyrrole nitrogens is 1. The lowest BCUT2D eigenvalue weighted by Gasteiger charge is -2.03. The Balaban J connectivity index is 2.20. The minimum atomic E-state index is -3.26. The average Bonchev–Trinajstić information content (AvgIpc) is 2.83. The van der Waals surface area contributed by atoms with Gasteiger partial charge in [0.15, 0.2) is 9.84 Å². The highest BCUT2D eigenvalue weighted by atomic mass is 32.2. The second kappa shape index (κ2) is 4.60. The number of phenols is 1. The van der Waals surface area contributed by atoms with Crippen molar-refractivity contribution >= 4 is 20.9 Å². The molecular formula is C15H14N2O3S. The SMILES string of the molecule is Cc1cccc(-c2nc3ccc(S(C)(=O)=O)cc3[nH]2)c1O. The molecule has 5 nitrogen and oxygen atoms in total. The molecule has 0 saturated carbocycles. The van der Waals surface area contributed by atoms with Gasteiger partial charge in [-0.15, -0.1) is 0 Å². The van der Waals surface area contributed by atoms with Gasteiger partial charge in [-0.05, 0) is 36.8 Å². The predicted octanol–water partition coefficient (Wildman–Crippen LogP) is 2.65. The van der Waals surface area contributed by atoms with E-state index in [1.54, 1.807) is 18.2 Å². The number of para-hydroxylation sites is 1. The van der Waals surface area contributed by atoms with Gasteiger partial charge in [-0.2, -0.15) is 0 Å². The van der Waals surface area contributed by atoms with Gasteiger partial charge in [-0.3, -0.25) is 0 Å². The summed E-state index contributed by atoms with van der Waals surface area (Å²) in [5.41, 5.74) is 2.61. The number of benzene rings is 2. The number of aromatic hydroxyl groups is 1. The number of hydrogen-bond acceptors (Lipinski definition) is 4. The van der Waals surface area contributed by atoms with Crippen molar-refractivity contribution in [2.45, 2.75) is 11.8 Å². The van der Waals surface area contributed by atoms with Crippen LogP contribution in [0.2, 0.25) is 0 Å². The first-order chi connectivity index (χ1) is 9.86. The number of fused-ring (bicyclic) bond motifs is 1. The molecule has 3 aromatic rings. The fraction of sp³-hybridized carbons (Fsp3) is 0.133. The first-order valence-corrected chi connectivity index (χ1v) is 8.24. The van der Waals surface area contributed by atoms with Gasteiger partial charge in [0, 0.05) is 6.26 Å². The van der Waals surface area contributed by atoms with E-state index < -0.39 is 9.84 Å². The van der Waals surface area contributed by atoms with E-state index in [1.807, 2.05) is 19.1 Å². The molecule has 0 atom stereocenters. The maximum Gasteiger partial charge on any atom is 0.175 e. The van der Waals surface area contributed by atoms with Gasteiger partial charge in [0.1, 0.15) is 11.6 Å². The third-order valence-corrected chi connectivity index (χ3v) is 4.48. The Hall–Kier alpha value is -2.34. The lowest BCUT2D eigenvalue weighted by molar-refractivity contribution is 0.473. The third kappa shape index (κ3) is 2.38. The Morgan fingerprint density at radius 1 is 1.19 bits per heavy atom. The van der Waals surface area contributed by atoms with Crippen LogP contribution in [0.1, 0.15) is 5.56 Å². The van der Waals surface area contributed by atoms with E-state index in [9.17, 15) is 13.5 Å². The minimum absolute atomic E-state index is 0.167. The summed E-state index contributed by atoms with van der Waals surface area (Å²) in [6.07, 6.45) is 1.16. The van der Waals surface area contributed by atoms with Gasteiger partial charge in [0.25, 0.3) is 0 Å². The molecule has 6 heteroatoms. The standard InChI is InChI=1S/C15H14N2O3S/c1-9-4-3-5-11(14(9)18)15-16-12-7-6-10(21(2,19)20)8-13(12)17-15/h3-8,18H,1-2H3,(H,16,17). The van der Waals surface area contributed by atoms with Crippen molar-refractivity contribution in [3.63, 3.8) is 0 Å². The summed E-state index contributed by atoms with van der Waals surface area (Å²) in [5, 5.41) is 10.1. The Kier molecular flexibility index (Phi) is 2.98. The number of nitrogens with one attached hydrogen (secondary N) is 1. The van der Waals surface area contributed by atoms with Crippen LogP contribution in [0.4, 0.5) is 0 Å². The molecule has 2 aromatic carbocycles. The predicted molar refractivity (Wildman–Crippen MR) is 81.0 cm³/mol. The van der Waals surface area contributed by atoms with E-state index in [-0.39, 0.29) is 10.6 Å². The summed E-state index contributed by atoms with van der Waals surface area (Å²) >= 11 is 0. The molecule has 0 aliphatic heterocycles. The molecule has 0 amide bonds. The van der Waals surface area contributed by atoms with Gasteiger partial charge in [-0.25, -0.2) is 13.4 Å². The van der Waals surface area contributed by atoms with Crippen LogP contribution in [-0.4, -0.2) is 29.7 Å². The third-order valence-electron chi connectivity index (χ3n) is 3.37. The highest BCUT2D eigenvalue weighted by molar-refractivity contribution is 7.90. The van der Waals surface area contributed by atoms with E-state index in [0.29, 0.717) is 22.4 Å². The van der Waals surface area contributed by atoms with E-state index >= 15 is 0 Å². The minimum Gasteiger partial charge on any atom is -0.507 e. The van der Waals surface area contributed by atoms with Crippen molar-refractivity contribution in [1.82, 2.24) is 9.97 Å². The smallest absolute Gasteiger partial charge is 0.175 e. The van der Waals surface area contributed by atoms with Crippen LogP contribution in [-0.2, 0) is 9.84 Å². The van der Waals surface area contributed by atoms with Crippen LogP contribution in [0.15, 0.2) is 41.3 Å². The Bertz CT molecular complexity index is 943. The molecule has 0 spiro atoms. The number of rotatable bonds is 2. The molecule has 0 bridgehead atoms. The zero-order valence-electron chi connectivity index (χ0n) is 11.6. The fourth-order valence-corrected chi connectivity index (χ4v) is 2.84. The van der Waals surface area contributed by atoms with Crippen molar-refractivity contribution in [2.24, 2.45) is 0 Å². The quantitative estimate of drug-likeness (QED) is 0.762. The summed E-state index contributed by atoms with van der Waals surface area (Å²) in [4.78, 5) is 7.69. The molecule has 1 heterocycles. The number of aryl methyl sites for hydroxylation is 1. The number of sulfone groups is 1. The lowest BCUT2D eigenvalue weighted by atomic mass is 10.1. The van der Waals surface area contributed by atoms with Crippen LogP contribution >= 0.6 is 0 Å². The molecule has 0 unspecified atom stereocenters. The highest BCUT2D eigenvalue weighted by Crippen LogP contribution is 2.31. The maximum absolute atomic E-state index is 11.6. The van der Waals surface area contributed by atoms with E-state index in [4.69, 9.17) is 0 Å². The molecule has 0 aliphatic carbocycles. The van der Waals surface area contributed by atoms with Crippen molar-refractivity contribution in [1.29, 1.82) is 0 Å².